The van der Waals surface area contributed by atoms with E-state index in [1.165, 1.54) is 6.07 Å². The molecule has 1 heterocycles. The fourth-order valence-electron chi connectivity index (χ4n) is 2.71. The SMILES string of the molecule is CCOC(=O)c1c(C)nc(-c2c(F)cccc2F)nc1Nc1ccc(C)cc1. The largest absolute Gasteiger partial charge is 0.462 e. The van der Waals surface area contributed by atoms with Gasteiger partial charge in [0.2, 0.25) is 0 Å². The van der Waals surface area contributed by atoms with Crippen molar-refractivity contribution in [1.29, 1.82) is 0 Å². The molecule has 0 aliphatic heterocycles. The van der Waals surface area contributed by atoms with E-state index in [4.69, 9.17) is 4.74 Å². The average Bonchev–Trinajstić information content (AvgIpc) is 2.63. The summed E-state index contributed by atoms with van der Waals surface area (Å²) in [7, 11) is 0. The van der Waals surface area contributed by atoms with Crippen molar-refractivity contribution < 1.29 is 18.3 Å². The fourth-order valence-corrected chi connectivity index (χ4v) is 2.71. The number of hydrogen-bond donors (Lipinski definition) is 1. The van der Waals surface area contributed by atoms with Gasteiger partial charge in [-0.2, -0.15) is 0 Å². The van der Waals surface area contributed by atoms with E-state index in [2.05, 4.69) is 15.3 Å². The molecule has 3 aromatic rings. The molecule has 5 nitrogen and oxygen atoms in total. The van der Waals surface area contributed by atoms with Gasteiger partial charge >= 0.3 is 5.97 Å². The van der Waals surface area contributed by atoms with Crippen LogP contribution in [0.2, 0.25) is 0 Å². The molecular formula is C21H19F2N3O2. The van der Waals surface area contributed by atoms with E-state index in [-0.39, 0.29) is 35.1 Å². The van der Waals surface area contributed by atoms with Gasteiger partial charge in [-0.25, -0.2) is 23.5 Å². The molecular weight excluding hydrogens is 364 g/mol. The molecule has 3 rings (SSSR count). The maximum absolute atomic E-state index is 14.2. The summed E-state index contributed by atoms with van der Waals surface area (Å²) in [6.45, 7) is 5.37. The van der Waals surface area contributed by atoms with Crippen LogP contribution in [-0.4, -0.2) is 22.5 Å². The Balaban J connectivity index is 2.16. The number of nitrogens with zero attached hydrogens (tertiary/aromatic N) is 2. The summed E-state index contributed by atoms with van der Waals surface area (Å²) in [6.07, 6.45) is 0. The Labute approximate surface area is 161 Å². The first kappa shape index (κ1) is 19.4. The van der Waals surface area contributed by atoms with Gasteiger partial charge in [-0.3, -0.25) is 0 Å². The first-order chi connectivity index (χ1) is 13.4. The number of nitrogens with one attached hydrogen (secondary N) is 1. The summed E-state index contributed by atoms with van der Waals surface area (Å²) < 4.78 is 33.5. The number of aromatic nitrogens is 2. The Bertz CT molecular complexity index is 1000. The molecule has 0 atom stereocenters. The molecule has 0 aliphatic rings. The highest BCUT2D eigenvalue weighted by Crippen LogP contribution is 2.28. The van der Waals surface area contributed by atoms with Gasteiger partial charge in [0.05, 0.1) is 17.9 Å². The topological polar surface area (TPSA) is 64.1 Å². The average molecular weight is 383 g/mol. The standard InChI is InChI=1S/C21H19F2N3O2/c1-4-28-21(27)17-13(3)24-20(18-15(22)6-5-7-16(18)23)26-19(17)25-14-10-8-12(2)9-11-14/h5-11H,4H2,1-3H3,(H,24,25,26). The highest BCUT2D eigenvalue weighted by Gasteiger charge is 2.23. The van der Waals surface area contributed by atoms with Crippen molar-refractivity contribution >= 4 is 17.5 Å². The van der Waals surface area contributed by atoms with Crippen molar-refractivity contribution in [3.63, 3.8) is 0 Å². The minimum atomic E-state index is -0.787. The second-order valence-electron chi connectivity index (χ2n) is 6.16. The van der Waals surface area contributed by atoms with Crippen LogP contribution in [0.3, 0.4) is 0 Å². The number of anilines is 2. The molecule has 0 saturated heterocycles. The normalized spacial score (nSPS) is 10.6. The predicted molar refractivity (Wildman–Crippen MR) is 103 cm³/mol. The van der Waals surface area contributed by atoms with Crippen molar-refractivity contribution in [1.82, 2.24) is 9.97 Å². The third-order valence-corrected chi connectivity index (χ3v) is 4.07. The van der Waals surface area contributed by atoms with Gasteiger partial charge in [-0.1, -0.05) is 23.8 Å². The number of halogens is 2. The molecule has 0 fully saturated rings. The zero-order valence-corrected chi connectivity index (χ0v) is 15.7. The number of ether oxygens (including phenoxy) is 1. The predicted octanol–water partition coefficient (Wildman–Crippen LogP) is 4.96. The number of benzene rings is 2. The first-order valence-electron chi connectivity index (χ1n) is 8.74. The smallest absolute Gasteiger partial charge is 0.343 e. The number of carbonyl (C=O) groups excluding carboxylic acids is 1. The Hall–Kier alpha value is -3.35. The molecule has 144 valence electrons. The third kappa shape index (κ3) is 3.98. The van der Waals surface area contributed by atoms with E-state index < -0.39 is 17.6 Å². The van der Waals surface area contributed by atoms with Crippen LogP contribution in [0.5, 0.6) is 0 Å². The minimum absolute atomic E-state index is 0.114. The lowest BCUT2D eigenvalue weighted by Gasteiger charge is -2.15. The molecule has 0 bridgehead atoms. The highest BCUT2D eigenvalue weighted by molar-refractivity contribution is 5.97. The van der Waals surface area contributed by atoms with Crippen LogP contribution in [-0.2, 0) is 4.74 Å². The molecule has 2 aromatic carbocycles. The van der Waals surface area contributed by atoms with Gasteiger partial charge in [0.25, 0.3) is 0 Å². The zero-order valence-electron chi connectivity index (χ0n) is 15.7. The Morgan fingerprint density at radius 2 is 1.68 bits per heavy atom. The first-order valence-corrected chi connectivity index (χ1v) is 8.74. The van der Waals surface area contributed by atoms with Crippen molar-refractivity contribution in [2.75, 3.05) is 11.9 Å². The van der Waals surface area contributed by atoms with Gasteiger partial charge in [0.15, 0.2) is 5.82 Å². The third-order valence-electron chi connectivity index (χ3n) is 4.07. The zero-order chi connectivity index (χ0) is 20.3. The van der Waals surface area contributed by atoms with Crippen LogP contribution in [0.15, 0.2) is 42.5 Å². The molecule has 7 heteroatoms. The molecule has 0 saturated carbocycles. The summed E-state index contributed by atoms with van der Waals surface area (Å²) in [6, 6.07) is 10.9. The lowest BCUT2D eigenvalue weighted by Crippen LogP contribution is -2.14. The Morgan fingerprint density at radius 1 is 1.04 bits per heavy atom. The van der Waals surface area contributed by atoms with Crippen molar-refractivity contribution in [2.45, 2.75) is 20.8 Å². The van der Waals surface area contributed by atoms with Gasteiger partial charge in [0.1, 0.15) is 23.0 Å². The molecule has 28 heavy (non-hydrogen) atoms. The second kappa shape index (κ2) is 8.12. The van der Waals surface area contributed by atoms with E-state index in [1.807, 2.05) is 31.2 Å². The van der Waals surface area contributed by atoms with Gasteiger partial charge in [-0.05, 0) is 45.0 Å². The van der Waals surface area contributed by atoms with E-state index >= 15 is 0 Å². The molecule has 0 amide bonds. The van der Waals surface area contributed by atoms with Crippen LogP contribution in [0, 0.1) is 25.5 Å². The molecule has 0 unspecified atom stereocenters. The van der Waals surface area contributed by atoms with Crippen molar-refractivity contribution in [2.24, 2.45) is 0 Å². The van der Waals surface area contributed by atoms with E-state index in [1.54, 1.807) is 13.8 Å². The van der Waals surface area contributed by atoms with Gasteiger partial charge in [0, 0.05) is 5.69 Å². The summed E-state index contributed by atoms with van der Waals surface area (Å²) >= 11 is 0. The van der Waals surface area contributed by atoms with Crippen LogP contribution in [0.25, 0.3) is 11.4 Å². The molecule has 1 aromatic heterocycles. The molecule has 0 radical (unpaired) electrons. The summed E-state index contributed by atoms with van der Waals surface area (Å²) in [5.41, 5.74) is 1.73. The number of hydrogen-bond acceptors (Lipinski definition) is 5. The van der Waals surface area contributed by atoms with E-state index in [0.29, 0.717) is 5.69 Å². The maximum Gasteiger partial charge on any atom is 0.343 e. The van der Waals surface area contributed by atoms with Crippen LogP contribution in [0.4, 0.5) is 20.3 Å². The number of carbonyl (C=O) groups is 1. The van der Waals surface area contributed by atoms with E-state index in [0.717, 1.165) is 17.7 Å². The molecule has 0 spiro atoms. The Morgan fingerprint density at radius 3 is 2.29 bits per heavy atom. The van der Waals surface area contributed by atoms with Crippen molar-refractivity contribution in [3.05, 3.63) is 70.9 Å². The summed E-state index contributed by atoms with van der Waals surface area (Å²) in [5, 5.41) is 3.03. The minimum Gasteiger partial charge on any atom is -0.462 e. The van der Waals surface area contributed by atoms with Gasteiger partial charge < -0.3 is 10.1 Å². The summed E-state index contributed by atoms with van der Waals surface area (Å²) in [5.74, 6) is -2.23. The van der Waals surface area contributed by atoms with Crippen LogP contribution >= 0.6 is 0 Å². The van der Waals surface area contributed by atoms with E-state index in [9.17, 15) is 13.6 Å². The van der Waals surface area contributed by atoms with Gasteiger partial charge in [-0.15, -0.1) is 0 Å². The number of aryl methyl sites for hydroxylation is 2. The van der Waals surface area contributed by atoms with Crippen molar-refractivity contribution in [3.8, 4) is 11.4 Å². The lowest BCUT2D eigenvalue weighted by molar-refractivity contribution is 0.0526. The monoisotopic (exact) mass is 383 g/mol. The number of rotatable bonds is 5. The number of esters is 1. The second-order valence-corrected chi connectivity index (χ2v) is 6.16. The summed E-state index contributed by atoms with van der Waals surface area (Å²) in [4.78, 5) is 20.8. The quantitative estimate of drug-likeness (QED) is 0.631. The highest BCUT2D eigenvalue weighted by atomic mass is 19.1. The maximum atomic E-state index is 14.2. The molecule has 0 aliphatic carbocycles. The molecule has 1 N–H and O–H groups in total. The van der Waals surface area contributed by atoms with Crippen LogP contribution < -0.4 is 5.32 Å². The van der Waals surface area contributed by atoms with Crippen LogP contribution in [0.1, 0.15) is 28.5 Å². The Kier molecular flexibility index (Phi) is 5.63. The lowest BCUT2D eigenvalue weighted by atomic mass is 10.1. The fraction of sp³-hybridized carbons (Fsp3) is 0.190.